The van der Waals surface area contributed by atoms with Crippen LogP contribution in [0.25, 0.3) is 11.0 Å². The number of fused-ring (bicyclic) bond motifs is 3. The van der Waals surface area contributed by atoms with Gasteiger partial charge in [0.2, 0.25) is 0 Å². The van der Waals surface area contributed by atoms with Gasteiger partial charge in [0.15, 0.2) is 11.5 Å². The Hall–Kier alpha value is -3.61. The van der Waals surface area contributed by atoms with Crippen LogP contribution in [0.4, 0.5) is 5.69 Å². The van der Waals surface area contributed by atoms with Crippen LogP contribution >= 0.6 is 23.2 Å². The molecule has 1 unspecified atom stereocenters. The number of hydrogen-bond acceptors (Lipinski definition) is 10. The lowest BCUT2D eigenvalue weighted by atomic mass is 10.0. The van der Waals surface area contributed by atoms with Crippen LogP contribution in [0.3, 0.4) is 0 Å². The molecule has 3 saturated heterocycles. The Morgan fingerprint density at radius 3 is 2.77 bits per heavy atom. The van der Waals surface area contributed by atoms with Crippen molar-refractivity contribution in [1.29, 1.82) is 0 Å². The van der Waals surface area contributed by atoms with Crippen molar-refractivity contribution < 1.29 is 28.5 Å². The Morgan fingerprint density at radius 2 is 1.98 bits per heavy atom. The minimum Gasteiger partial charge on any atom is -0.465 e. The van der Waals surface area contributed by atoms with Crippen molar-refractivity contribution in [3.8, 4) is 11.5 Å². The normalized spacial score (nSPS) is 25.4. The van der Waals surface area contributed by atoms with Crippen molar-refractivity contribution >= 4 is 45.9 Å². The third kappa shape index (κ3) is 5.47. The number of carbonyl (C=O) groups is 1. The molecule has 2 aromatic carbocycles. The number of nitrogens with zero attached hydrogens (tertiary/aromatic N) is 5. The molecule has 4 aromatic rings. The summed E-state index contributed by atoms with van der Waals surface area (Å²) < 4.78 is 32.2. The van der Waals surface area contributed by atoms with E-state index < -0.39 is 11.8 Å². The van der Waals surface area contributed by atoms with Gasteiger partial charge in [0.1, 0.15) is 17.0 Å². The smallest absolute Gasteiger partial charge is 0.337 e. The number of benzene rings is 2. The number of esters is 1. The molecule has 4 aliphatic rings. The highest BCUT2D eigenvalue weighted by molar-refractivity contribution is 6.35. The Labute approximate surface area is 282 Å². The van der Waals surface area contributed by atoms with E-state index in [1.165, 1.54) is 7.11 Å². The highest BCUT2D eigenvalue weighted by Crippen LogP contribution is 2.50. The van der Waals surface area contributed by atoms with Gasteiger partial charge in [0.05, 0.1) is 78.4 Å². The molecule has 0 amide bonds. The first-order valence-corrected chi connectivity index (χ1v) is 16.7. The maximum absolute atomic E-state index is 12.5. The average molecular weight is 681 g/mol. The molecular weight excluding hydrogens is 645 g/mol. The second-order valence-electron chi connectivity index (χ2n) is 12.5. The Balaban J connectivity index is 1.08. The topological polar surface area (TPSA) is 100 Å². The number of aromatic nitrogens is 3. The molecule has 0 radical (unpaired) electrons. The summed E-state index contributed by atoms with van der Waals surface area (Å²) in [6.45, 7) is 6.55. The minimum absolute atomic E-state index is 0.0715. The number of hydrogen-bond donors (Lipinski definition) is 0. The zero-order chi connectivity index (χ0) is 32.3. The highest BCUT2D eigenvalue weighted by Gasteiger charge is 2.46. The molecule has 8 rings (SSSR count). The number of halogens is 2. The second kappa shape index (κ2) is 12.1. The number of para-hydroxylation sites is 1. The summed E-state index contributed by atoms with van der Waals surface area (Å²) in [4.78, 5) is 26.8. The Morgan fingerprint density at radius 1 is 1.11 bits per heavy atom. The predicted octanol–water partition coefficient (Wildman–Crippen LogP) is 5.44. The van der Waals surface area contributed by atoms with Crippen molar-refractivity contribution in [2.75, 3.05) is 44.9 Å². The van der Waals surface area contributed by atoms with Gasteiger partial charge in [-0.1, -0.05) is 29.3 Å². The van der Waals surface area contributed by atoms with Gasteiger partial charge in [-0.05, 0) is 49.2 Å². The quantitative estimate of drug-likeness (QED) is 0.235. The van der Waals surface area contributed by atoms with Crippen molar-refractivity contribution in [2.24, 2.45) is 0 Å². The van der Waals surface area contributed by atoms with Crippen molar-refractivity contribution in [3.05, 3.63) is 75.8 Å². The summed E-state index contributed by atoms with van der Waals surface area (Å²) in [7, 11) is 1.37. The van der Waals surface area contributed by atoms with Gasteiger partial charge in [0.25, 0.3) is 5.79 Å². The lowest BCUT2D eigenvalue weighted by molar-refractivity contribution is -0.0716. The average Bonchev–Trinajstić information content (AvgIpc) is 3.88. The fourth-order valence-corrected chi connectivity index (χ4v) is 7.66. The van der Waals surface area contributed by atoms with Crippen molar-refractivity contribution in [2.45, 2.75) is 56.8 Å². The molecule has 11 nitrogen and oxygen atoms in total. The molecule has 47 heavy (non-hydrogen) atoms. The number of imidazole rings is 1. The second-order valence-corrected chi connectivity index (χ2v) is 13.4. The standard InChI is InChI=1S/C34H35Cl2N5O6/c1-34(29-9-8-21(35)15-37-29)46-28-7-3-6-24(32(28)47-34)40-11-10-39(26-18-44-19-27(26)40)17-30-38-31-23(36)13-20(33(42)43-2)14-25(31)41(30)16-22-5-4-12-45-22/h3,6-9,13-15,22,26-27H,4-5,10-12,16-19H2,1-2H3/t22-,26+,27-,34?/m0/s1. The first kappa shape index (κ1) is 30.7. The molecule has 6 heterocycles. The first-order valence-electron chi connectivity index (χ1n) is 15.9. The third-order valence-corrected chi connectivity index (χ3v) is 10.2. The molecule has 0 spiro atoms. The van der Waals surface area contributed by atoms with Crippen LogP contribution in [0.15, 0.2) is 48.7 Å². The van der Waals surface area contributed by atoms with Crippen LogP contribution < -0.4 is 14.4 Å². The molecule has 0 N–H and O–H groups in total. The van der Waals surface area contributed by atoms with Gasteiger partial charge in [-0.25, -0.2) is 9.78 Å². The number of methoxy groups -OCH3 is 1. The van der Waals surface area contributed by atoms with E-state index in [9.17, 15) is 4.79 Å². The number of pyridine rings is 1. The van der Waals surface area contributed by atoms with E-state index in [1.54, 1.807) is 18.3 Å². The van der Waals surface area contributed by atoms with Gasteiger partial charge < -0.3 is 33.2 Å². The zero-order valence-electron chi connectivity index (χ0n) is 26.2. The van der Waals surface area contributed by atoms with Crippen molar-refractivity contribution in [3.63, 3.8) is 0 Å². The van der Waals surface area contributed by atoms with Crippen LogP contribution in [0.5, 0.6) is 11.5 Å². The molecule has 4 atom stereocenters. The summed E-state index contributed by atoms with van der Waals surface area (Å²) in [5.74, 6) is 0.731. The number of carbonyl (C=O) groups excluding carboxylic acids is 1. The largest absolute Gasteiger partial charge is 0.465 e. The van der Waals surface area contributed by atoms with Crippen LogP contribution in [-0.2, 0) is 33.1 Å². The predicted molar refractivity (Wildman–Crippen MR) is 176 cm³/mol. The van der Waals surface area contributed by atoms with Crippen LogP contribution in [0, 0.1) is 0 Å². The summed E-state index contributed by atoms with van der Waals surface area (Å²) >= 11 is 12.8. The van der Waals surface area contributed by atoms with E-state index in [1.807, 2.05) is 31.2 Å². The first-order chi connectivity index (χ1) is 22.8. The van der Waals surface area contributed by atoms with E-state index in [0.29, 0.717) is 64.6 Å². The molecule has 246 valence electrons. The summed E-state index contributed by atoms with van der Waals surface area (Å²) in [6.07, 6.45) is 3.67. The maximum Gasteiger partial charge on any atom is 0.337 e. The SMILES string of the molecule is COC(=O)c1cc(Cl)c2nc(CN3CCN(c4cccc5c4OC(C)(c4ccc(Cl)cn4)O5)[C@H]4COC[C@H]43)n(C[C@@H]3CCCO3)c2c1. The van der Waals surface area contributed by atoms with Crippen LogP contribution in [0.2, 0.25) is 10.0 Å². The van der Waals surface area contributed by atoms with Crippen LogP contribution in [0.1, 0.15) is 41.6 Å². The van der Waals surface area contributed by atoms with E-state index >= 15 is 0 Å². The Bertz CT molecular complexity index is 1830. The van der Waals surface area contributed by atoms with E-state index in [-0.39, 0.29) is 18.2 Å². The van der Waals surface area contributed by atoms with Gasteiger partial charge in [-0.3, -0.25) is 9.88 Å². The van der Waals surface area contributed by atoms with E-state index in [0.717, 1.165) is 49.6 Å². The minimum atomic E-state index is -1.08. The molecule has 3 fully saturated rings. The number of anilines is 1. The molecule has 0 saturated carbocycles. The fraction of sp³-hybridized carbons (Fsp3) is 0.441. The van der Waals surface area contributed by atoms with Gasteiger partial charge in [0, 0.05) is 32.8 Å². The number of piperazine rings is 1. The summed E-state index contributed by atoms with van der Waals surface area (Å²) in [6, 6.07) is 13.3. The highest BCUT2D eigenvalue weighted by atomic mass is 35.5. The van der Waals surface area contributed by atoms with Gasteiger partial charge in [-0.2, -0.15) is 0 Å². The molecular formula is C34H35Cl2N5O6. The number of rotatable bonds is 7. The van der Waals surface area contributed by atoms with Crippen LogP contribution in [-0.4, -0.2) is 83.6 Å². The van der Waals surface area contributed by atoms with E-state index in [4.69, 9.17) is 51.9 Å². The molecule has 2 aromatic heterocycles. The van der Waals surface area contributed by atoms with Crippen molar-refractivity contribution in [1.82, 2.24) is 19.4 Å². The zero-order valence-corrected chi connectivity index (χ0v) is 27.7. The molecule has 13 heteroatoms. The summed E-state index contributed by atoms with van der Waals surface area (Å²) in [5, 5.41) is 0.971. The Kier molecular flexibility index (Phi) is 7.92. The molecule has 0 aliphatic carbocycles. The number of ether oxygens (including phenoxy) is 5. The lowest BCUT2D eigenvalue weighted by Crippen LogP contribution is -2.59. The third-order valence-electron chi connectivity index (χ3n) is 9.64. The van der Waals surface area contributed by atoms with Gasteiger partial charge in [-0.15, -0.1) is 0 Å². The maximum atomic E-state index is 12.5. The lowest BCUT2D eigenvalue weighted by Gasteiger charge is -2.44. The molecule has 0 bridgehead atoms. The molecule has 4 aliphatic heterocycles. The van der Waals surface area contributed by atoms with E-state index in [2.05, 4.69) is 25.4 Å². The van der Waals surface area contributed by atoms with Gasteiger partial charge >= 0.3 is 5.97 Å². The summed E-state index contributed by atoms with van der Waals surface area (Å²) in [5.41, 5.74) is 3.47. The fourth-order valence-electron chi connectivity index (χ4n) is 7.29. The monoisotopic (exact) mass is 679 g/mol.